The third-order valence-electron chi connectivity index (χ3n) is 6.07. The van der Waals surface area contributed by atoms with Gasteiger partial charge in [0.05, 0.1) is 16.9 Å². The predicted molar refractivity (Wildman–Crippen MR) is 116 cm³/mol. The van der Waals surface area contributed by atoms with E-state index in [1.807, 2.05) is 20.8 Å². The maximum absolute atomic E-state index is 12.4. The molecule has 9 heteroatoms. The third-order valence-corrected chi connectivity index (χ3v) is 7.83. The Labute approximate surface area is 180 Å². The highest BCUT2D eigenvalue weighted by Gasteiger charge is 2.32. The molecule has 0 radical (unpaired) electrons. The SMILES string of the molecule is Cc1c(C)c2c(OCC(=O)N[C@H]3CCS(=O)(=O)C3)cc3c(c2oc1=O)CCC(C)(C)O3. The number of fused-ring (bicyclic) bond motifs is 3. The average molecular weight is 450 g/mol. The van der Waals surface area contributed by atoms with Crippen LogP contribution in [-0.4, -0.2) is 44.1 Å². The van der Waals surface area contributed by atoms with Crippen LogP contribution in [0.4, 0.5) is 0 Å². The van der Waals surface area contributed by atoms with Gasteiger partial charge in [0.15, 0.2) is 16.4 Å². The van der Waals surface area contributed by atoms with Gasteiger partial charge in [-0.2, -0.15) is 0 Å². The molecule has 1 amide bonds. The van der Waals surface area contributed by atoms with Gasteiger partial charge in [0.25, 0.3) is 5.91 Å². The zero-order chi connectivity index (χ0) is 22.6. The lowest BCUT2D eigenvalue weighted by Crippen LogP contribution is -2.38. The van der Waals surface area contributed by atoms with Crippen LogP contribution in [-0.2, 0) is 21.1 Å². The Balaban J connectivity index is 1.66. The van der Waals surface area contributed by atoms with Gasteiger partial charge in [0, 0.05) is 23.2 Å². The quantitative estimate of drug-likeness (QED) is 0.712. The second-order valence-corrected chi connectivity index (χ2v) is 11.2. The van der Waals surface area contributed by atoms with E-state index in [0.717, 1.165) is 17.5 Å². The van der Waals surface area contributed by atoms with E-state index in [4.69, 9.17) is 13.9 Å². The Morgan fingerprint density at radius 1 is 1.29 bits per heavy atom. The lowest BCUT2D eigenvalue weighted by molar-refractivity contribution is -0.123. The number of ether oxygens (including phenoxy) is 2. The summed E-state index contributed by atoms with van der Waals surface area (Å²) >= 11 is 0. The summed E-state index contributed by atoms with van der Waals surface area (Å²) < 4.78 is 40.8. The summed E-state index contributed by atoms with van der Waals surface area (Å²) in [6.45, 7) is 7.20. The Bertz CT molecular complexity index is 1230. The van der Waals surface area contributed by atoms with E-state index in [-0.39, 0.29) is 23.7 Å². The zero-order valence-corrected chi connectivity index (χ0v) is 19.0. The van der Waals surface area contributed by atoms with Crippen LogP contribution >= 0.6 is 0 Å². The van der Waals surface area contributed by atoms with Gasteiger partial charge in [0.2, 0.25) is 0 Å². The first-order valence-electron chi connectivity index (χ1n) is 10.4. The summed E-state index contributed by atoms with van der Waals surface area (Å²) in [5.74, 6) is 0.602. The van der Waals surface area contributed by atoms with E-state index in [9.17, 15) is 18.0 Å². The fourth-order valence-corrected chi connectivity index (χ4v) is 5.84. The van der Waals surface area contributed by atoms with E-state index < -0.39 is 27.4 Å². The molecule has 4 rings (SSSR count). The molecule has 2 aliphatic heterocycles. The summed E-state index contributed by atoms with van der Waals surface area (Å²) in [5.41, 5.74) is 1.69. The Morgan fingerprint density at radius 2 is 2.03 bits per heavy atom. The molecule has 0 spiro atoms. The van der Waals surface area contributed by atoms with Crippen LogP contribution in [0.1, 0.15) is 43.4 Å². The van der Waals surface area contributed by atoms with Gasteiger partial charge in [-0.1, -0.05) is 0 Å². The van der Waals surface area contributed by atoms with Crippen LogP contribution in [0.3, 0.4) is 0 Å². The molecule has 3 heterocycles. The molecule has 8 nitrogen and oxygen atoms in total. The molecule has 31 heavy (non-hydrogen) atoms. The van der Waals surface area contributed by atoms with Crippen molar-refractivity contribution in [2.24, 2.45) is 0 Å². The van der Waals surface area contributed by atoms with Crippen molar-refractivity contribution in [3.8, 4) is 11.5 Å². The molecule has 1 fully saturated rings. The molecule has 1 aromatic heterocycles. The molecule has 0 aliphatic carbocycles. The van der Waals surface area contributed by atoms with Crippen molar-refractivity contribution >= 4 is 26.7 Å². The smallest absolute Gasteiger partial charge is 0.339 e. The van der Waals surface area contributed by atoms with E-state index >= 15 is 0 Å². The molecule has 0 unspecified atom stereocenters. The molecular formula is C22H27NO7S. The monoisotopic (exact) mass is 449 g/mol. The summed E-state index contributed by atoms with van der Waals surface area (Å²) in [6, 6.07) is 1.35. The Morgan fingerprint density at radius 3 is 2.71 bits per heavy atom. The summed E-state index contributed by atoms with van der Waals surface area (Å²) in [6.07, 6.45) is 1.88. The number of nitrogens with one attached hydrogen (secondary N) is 1. The summed E-state index contributed by atoms with van der Waals surface area (Å²) in [4.78, 5) is 24.7. The zero-order valence-electron chi connectivity index (χ0n) is 18.2. The predicted octanol–water partition coefficient (Wildman–Crippen LogP) is 2.20. The van der Waals surface area contributed by atoms with Crippen molar-refractivity contribution in [1.29, 1.82) is 0 Å². The second-order valence-electron chi connectivity index (χ2n) is 9.01. The van der Waals surface area contributed by atoms with E-state index in [2.05, 4.69) is 5.32 Å². The third kappa shape index (κ3) is 4.28. The van der Waals surface area contributed by atoms with Crippen LogP contribution in [0, 0.1) is 13.8 Å². The van der Waals surface area contributed by atoms with Crippen LogP contribution < -0.4 is 20.4 Å². The fraction of sp³-hybridized carbons (Fsp3) is 0.545. The van der Waals surface area contributed by atoms with Crippen molar-refractivity contribution in [3.05, 3.63) is 33.2 Å². The molecule has 0 bridgehead atoms. The number of carbonyl (C=O) groups is 1. The minimum Gasteiger partial charge on any atom is -0.487 e. The number of carbonyl (C=O) groups excluding carboxylic acids is 1. The molecule has 0 saturated carbocycles. The highest BCUT2D eigenvalue weighted by molar-refractivity contribution is 7.91. The largest absolute Gasteiger partial charge is 0.487 e. The number of benzene rings is 1. The fourth-order valence-electron chi connectivity index (χ4n) is 4.17. The molecule has 2 aromatic rings. The van der Waals surface area contributed by atoms with E-state index in [1.165, 1.54) is 0 Å². The number of sulfone groups is 1. The van der Waals surface area contributed by atoms with Gasteiger partial charge in [-0.15, -0.1) is 0 Å². The maximum Gasteiger partial charge on any atom is 0.339 e. The minimum atomic E-state index is -3.09. The Hall–Kier alpha value is -2.55. The molecule has 1 aromatic carbocycles. The second kappa shape index (κ2) is 7.55. The topological polar surface area (TPSA) is 112 Å². The number of hydrogen-bond donors (Lipinski definition) is 1. The summed E-state index contributed by atoms with van der Waals surface area (Å²) in [5, 5.41) is 3.36. The molecule has 1 N–H and O–H groups in total. The lowest BCUT2D eigenvalue weighted by Gasteiger charge is -2.33. The van der Waals surface area contributed by atoms with Crippen LogP contribution in [0.2, 0.25) is 0 Å². The highest BCUT2D eigenvalue weighted by atomic mass is 32.2. The van der Waals surface area contributed by atoms with Crippen LogP contribution in [0.25, 0.3) is 11.0 Å². The van der Waals surface area contributed by atoms with Crippen LogP contribution in [0.15, 0.2) is 15.3 Å². The van der Waals surface area contributed by atoms with Gasteiger partial charge < -0.3 is 19.2 Å². The van der Waals surface area contributed by atoms with Gasteiger partial charge in [-0.3, -0.25) is 4.79 Å². The van der Waals surface area contributed by atoms with Crippen LogP contribution in [0.5, 0.6) is 11.5 Å². The van der Waals surface area contributed by atoms with Crippen molar-refractivity contribution < 1.29 is 27.1 Å². The number of aryl methyl sites for hydroxylation is 2. The van der Waals surface area contributed by atoms with Crippen molar-refractivity contribution in [2.45, 2.75) is 58.6 Å². The first kappa shape index (κ1) is 21.7. The van der Waals surface area contributed by atoms with Crippen molar-refractivity contribution in [2.75, 3.05) is 18.1 Å². The number of hydrogen-bond acceptors (Lipinski definition) is 7. The first-order valence-corrected chi connectivity index (χ1v) is 12.2. The summed E-state index contributed by atoms with van der Waals surface area (Å²) in [7, 11) is -3.09. The maximum atomic E-state index is 12.4. The molecule has 1 atom stereocenters. The molecular weight excluding hydrogens is 422 g/mol. The first-order chi connectivity index (χ1) is 14.5. The number of amides is 1. The lowest BCUT2D eigenvalue weighted by atomic mass is 9.92. The molecule has 1 saturated heterocycles. The molecule has 2 aliphatic rings. The van der Waals surface area contributed by atoms with Gasteiger partial charge in [-0.05, 0) is 52.5 Å². The standard InChI is InChI=1S/C22H27NO7S/c1-12-13(2)21(25)29-20-15-5-7-22(3,4)30-16(15)9-17(19(12)20)28-10-18(24)23-14-6-8-31(26,27)11-14/h9,14H,5-8,10-11H2,1-4H3,(H,23,24)/t14-/m0/s1. The normalized spacial score (nSPS) is 21.4. The van der Waals surface area contributed by atoms with E-state index in [0.29, 0.717) is 40.9 Å². The Kier molecular flexibility index (Phi) is 5.28. The minimum absolute atomic E-state index is 0.0487. The van der Waals surface area contributed by atoms with E-state index in [1.54, 1.807) is 13.0 Å². The van der Waals surface area contributed by atoms with Gasteiger partial charge >= 0.3 is 5.63 Å². The van der Waals surface area contributed by atoms with Gasteiger partial charge in [0.1, 0.15) is 22.7 Å². The average Bonchev–Trinajstić information content (AvgIpc) is 3.01. The highest BCUT2D eigenvalue weighted by Crippen LogP contribution is 2.43. The number of rotatable bonds is 4. The van der Waals surface area contributed by atoms with Gasteiger partial charge in [-0.25, -0.2) is 13.2 Å². The van der Waals surface area contributed by atoms with Crippen molar-refractivity contribution in [1.82, 2.24) is 5.32 Å². The molecule has 168 valence electrons. The van der Waals surface area contributed by atoms with Crippen molar-refractivity contribution in [3.63, 3.8) is 0 Å².